The number of alkyl halides is 9. The van der Waals surface area contributed by atoms with Crippen molar-refractivity contribution in [3.05, 3.63) is 12.7 Å². The number of halogens is 10. The minimum absolute atomic E-state index is 0.448. The molecule has 0 saturated carbocycles. The van der Waals surface area contributed by atoms with E-state index < -0.39 is 56.9 Å². The lowest BCUT2D eigenvalue weighted by Crippen LogP contribution is -2.64. The lowest BCUT2D eigenvalue weighted by molar-refractivity contribution is -0.382. The van der Waals surface area contributed by atoms with Gasteiger partial charge in [-0.3, -0.25) is 0 Å². The van der Waals surface area contributed by atoms with Gasteiger partial charge < -0.3 is 4.74 Å². The molecule has 0 unspecified atom stereocenters. The van der Waals surface area contributed by atoms with Crippen LogP contribution in [0.15, 0.2) is 12.7 Å². The number of hydrogen-bond donors (Lipinski definition) is 0. The van der Waals surface area contributed by atoms with Gasteiger partial charge in [-0.05, 0) is 4.53 Å². The van der Waals surface area contributed by atoms with Crippen molar-refractivity contribution in [3.63, 3.8) is 0 Å². The van der Waals surface area contributed by atoms with Crippen LogP contribution in [0, 0.1) is 0 Å². The minimum Gasteiger partial charge on any atom is -0.461 e. The van der Waals surface area contributed by atoms with Crippen molar-refractivity contribution in [3.8, 4) is 0 Å². The summed E-state index contributed by atoms with van der Waals surface area (Å²) in [6.07, 6.45) is -6.82. The molecule has 0 N–H and O–H groups in total. The number of sulfonamides is 1. The van der Waals surface area contributed by atoms with E-state index in [9.17, 15) is 57.2 Å². The maximum absolute atomic E-state index is 13.2. The molecule has 0 bridgehead atoms. The zero-order valence-corrected chi connectivity index (χ0v) is 12.3. The number of carbonyl (C=O) groups is 1. The quantitative estimate of drug-likeness (QED) is 0.265. The largest absolute Gasteiger partial charge is 0.461 e. The molecule has 0 spiro atoms. The maximum atomic E-state index is 13.2. The van der Waals surface area contributed by atoms with Crippen molar-refractivity contribution in [1.82, 2.24) is 4.53 Å². The molecule has 0 aliphatic rings. The molecule has 0 atom stereocenters. The van der Waals surface area contributed by atoms with Gasteiger partial charge in [0.05, 0.1) is 6.54 Å². The van der Waals surface area contributed by atoms with E-state index in [0.717, 1.165) is 0 Å². The Morgan fingerprint density at radius 2 is 1.44 bits per heavy atom. The van der Waals surface area contributed by atoms with E-state index in [1.165, 1.54) is 0 Å². The Labute approximate surface area is 132 Å². The van der Waals surface area contributed by atoms with E-state index in [0.29, 0.717) is 6.08 Å². The zero-order valence-electron chi connectivity index (χ0n) is 11.5. The van der Waals surface area contributed by atoms with Crippen LogP contribution in [0.4, 0.5) is 44.0 Å². The second kappa shape index (κ2) is 6.97. The Morgan fingerprint density at radius 3 is 1.80 bits per heavy atom. The smallest absolute Gasteiger partial charge is 0.460 e. The van der Waals surface area contributed by atoms with Crippen LogP contribution in [-0.4, -0.2) is 55.3 Å². The lowest BCUT2D eigenvalue weighted by atomic mass is 10.1. The van der Waals surface area contributed by atoms with E-state index in [1.54, 1.807) is 0 Å². The molecular formula is C9H7F10NO4S. The van der Waals surface area contributed by atoms with Gasteiger partial charge in [-0.1, -0.05) is 6.58 Å². The van der Waals surface area contributed by atoms with Gasteiger partial charge in [0.15, 0.2) is 0 Å². The maximum Gasteiger partial charge on any atom is 0.460 e. The summed E-state index contributed by atoms with van der Waals surface area (Å²) in [5.74, 6) is -16.4. The monoisotopic (exact) mass is 415 g/mol. The number of rotatable bonds is 8. The van der Waals surface area contributed by atoms with Crippen LogP contribution in [0.5, 0.6) is 0 Å². The van der Waals surface area contributed by atoms with Crippen molar-refractivity contribution < 1.29 is 61.9 Å². The van der Waals surface area contributed by atoms with Gasteiger partial charge in [0.2, 0.25) is 0 Å². The van der Waals surface area contributed by atoms with E-state index in [4.69, 9.17) is 0 Å². The van der Waals surface area contributed by atoms with Gasteiger partial charge in [-0.2, -0.15) is 39.5 Å². The Kier molecular flexibility index (Phi) is 6.53. The van der Waals surface area contributed by atoms with Gasteiger partial charge in [0.25, 0.3) is 0 Å². The third kappa shape index (κ3) is 3.99. The second-order valence-electron chi connectivity index (χ2n) is 4.05. The van der Waals surface area contributed by atoms with Gasteiger partial charge in [-0.15, -0.1) is 4.48 Å². The van der Waals surface area contributed by atoms with Crippen molar-refractivity contribution in [2.45, 2.75) is 23.3 Å². The summed E-state index contributed by atoms with van der Waals surface area (Å²) >= 11 is 0. The predicted octanol–water partition coefficient (Wildman–Crippen LogP) is 2.66. The Morgan fingerprint density at radius 1 is 1.00 bits per heavy atom. The first-order chi connectivity index (χ1) is 10.9. The number of ether oxygens (including phenoxy) is 1. The standard InChI is InChI=1S/C9H7F10NO4S/c1-2-5(21)24-4-3-20(19)25(22,23)9(17,18)7(12,13)6(10,11)8(14,15)16/h2H,1,3-4H2. The number of hydrogen-bond acceptors (Lipinski definition) is 4. The topological polar surface area (TPSA) is 63.7 Å². The van der Waals surface area contributed by atoms with Crippen LogP contribution in [0.1, 0.15) is 0 Å². The van der Waals surface area contributed by atoms with Crippen LogP contribution >= 0.6 is 0 Å². The molecule has 0 aromatic carbocycles. The fraction of sp³-hybridized carbons (Fsp3) is 0.667. The fourth-order valence-electron chi connectivity index (χ4n) is 1.04. The van der Waals surface area contributed by atoms with Crippen molar-refractivity contribution in [2.24, 2.45) is 0 Å². The fourth-order valence-corrected chi connectivity index (χ4v) is 2.06. The highest BCUT2D eigenvalue weighted by Gasteiger charge is 2.86. The predicted molar refractivity (Wildman–Crippen MR) is 58.8 cm³/mol. The molecule has 0 aliphatic carbocycles. The van der Waals surface area contributed by atoms with Crippen LogP contribution in [0.3, 0.4) is 0 Å². The normalized spacial score (nSPS) is 14.5. The van der Waals surface area contributed by atoms with Crippen molar-refractivity contribution in [1.29, 1.82) is 0 Å². The van der Waals surface area contributed by atoms with Gasteiger partial charge >= 0.3 is 39.3 Å². The second-order valence-corrected chi connectivity index (χ2v) is 5.91. The Bertz CT molecular complexity index is 614. The first kappa shape index (κ1) is 23.4. The SMILES string of the molecule is C=CC(=O)OCCN(F)S(=O)(=O)C(F)(F)C(F)(F)C(F)(F)C(F)(F)F. The summed E-state index contributed by atoms with van der Waals surface area (Å²) in [6, 6.07) is 0. The zero-order chi connectivity index (χ0) is 20.5. The first-order valence-electron chi connectivity index (χ1n) is 5.55. The molecule has 0 amide bonds. The van der Waals surface area contributed by atoms with Crippen LogP contribution in [0.2, 0.25) is 0 Å². The third-order valence-corrected chi connectivity index (χ3v) is 3.99. The molecule has 0 heterocycles. The average molecular weight is 415 g/mol. The molecular weight excluding hydrogens is 408 g/mol. The molecule has 0 fully saturated rings. The van der Waals surface area contributed by atoms with Gasteiger partial charge in [0, 0.05) is 6.08 Å². The highest BCUT2D eigenvalue weighted by atomic mass is 32.2. The molecule has 0 aliphatic heterocycles. The first-order valence-corrected chi connectivity index (χ1v) is 6.99. The van der Waals surface area contributed by atoms with E-state index in [-0.39, 0.29) is 0 Å². The summed E-state index contributed by atoms with van der Waals surface area (Å²) in [7, 11) is -7.36. The Hall–Kier alpha value is -1.58. The number of esters is 1. The summed E-state index contributed by atoms with van der Waals surface area (Å²) in [4.78, 5) is 10.5. The molecule has 0 aromatic heterocycles. The lowest BCUT2D eigenvalue weighted by Gasteiger charge is -2.33. The number of nitrogens with zero attached hydrogens (tertiary/aromatic N) is 1. The molecule has 0 rings (SSSR count). The van der Waals surface area contributed by atoms with Crippen LogP contribution < -0.4 is 0 Å². The summed E-state index contributed by atoms with van der Waals surface area (Å²) < 4.78 is 150. The summed E-state index contributed by atoms with van der Waals surface area (Å²) in [6.45, 7) is -0.441. The summed E-state index contributed by atoms with van der Waals surface area (Å²) in [5.41, 5.74) is 0. The highest BCUT2D eigenvalue weighted by Crippen LogP contribution is 2.55. The Balaban J connectivity index is 5.66. The minimum atomic E-state index is -7.56. The van der Waals surface area contributed by atoms with Crippen molar-refractivity contribution >= 4 is 16.0 Å². The van der Waals surface area contributed by atoms with E-state index >= 15 is 0 Å². The number of carbonyl (C=O) groups excluding carboxylic acids is 1. The molecule has 0 saturated heterocycles. The molecule has 0 radical (unpaired) electrons. The van der Waals surface area contributed by atoms with Gasteiger partial charge in [-0.25, -0.2) is 13.2 Å². The molecule has 25 heavy (non-hydrogen) atoms. The highest BCUT2D eigenvalue weighted by molar-refractivity contribution is 7.90. The molecule has 5 nitrogen and oxygen atoms in total. The molecule has 16 heteroatoms. The van der Waals surface area contributed by atoms with Crippen LogP contribution in [0.25, 0.3) is 0 Å². The van der Waals surface area contributed by atoms with E-state index in [2.05, 4.69) is 11.3 Å². The average Bonchev–Trinajstić information content (AvgIpc) is 2.44. The van der Waals surface area contributed by atoms with Gasteiger partial charge in [0.1, 0.15) is 6.61 Å². The van der Waals surface area contributed by atoms with Crippen molar-refractivity contribution in [2.75, 3.05) is 13.2 Å². The van der Waals surface area contributed by atoms with E-state index in [1.807, 2.05) is 0 Å². The molecule has 0 aromatic rings. The molecule has 148 valence electrons. The van der Waals surface area contributed by atoms with Crippen LogP contribution in [-0.2, 0) is 19.6 Å². The third-order valence-electron chi connectivity index (χ3n) is 2.38. The summed E-state index contributed by atoms with van der Waals surface area (Å²) in [5, 5.41) is -7.20.